The van der Waals surface area contributed by atoms with Gasteiger partial charge in [0.15, 0.2) is 18.7 Å². The summed E-state index contributed by atoms with van der Waals surface area (Å²) in [5.41, 5.74) is 3.94. The molecule has 0 unspecified atom stereocenters. The second-order valence-corrected chi connectivity index (χ2v) is 15.0. The van der Waals surface area contributed by atoms with Gasteiger partial charge in [-0.05, 0) is 34.4 Å². The fraction of sp³-hybridized carbons (Fsp3) is 0.340. The minimum absolute atomic E-state index is 0.0596. The highest BCUT2D eigenvalue weighted by Crippen LogP contribution is 2.33. The summed E-state index contributed by atoms with van der Waals surface area (Å²) in [5, 5.41) is 22.1. The van der Waals surface area contributed by atoms with Crippen molar-refractivity contribution < 1.29 is 57.6 Å². The summed E-state index contributed by atoms with van der Waals surface area (Å²) in [7, 11) is 0. The Morgan fingerprint density at radius 3 is 1.50 bits per heavy atom. The van der Waals surface area contributed by atoms with Crippen LogP contribution in [-0.4, -0.2) is 97.4 Å². The lowest BCUT2D eigenvalue weighted by Gasteiger charge is -2.46. The van der Waals surface area contributed by atoms with Gasteiger partial charge < -0.3 is 52.8 Å². The summed E-state index contributed by atoms with van der Waals surface area (Å²) in [6, 6.07) is 47.2. The number of benzene rings is 5. The Labute approximate surface area is 362 Å². The molecular weight excluding hydrogens is 793 g/mol. The molecule has 2 aliphatic rings. The molecule has 0 bridgehead atoms. The minimum Gasteiger partial charge on any atom is -0.450 e. The first-order chi connectivity index (χ1) is 30.5. The number of carbonyl (C=O) groups is 1. The van der Waals surface area contributed by atoms with Gasteiger partial charge in [-0.2, -0.15) is 0 Å². The zero-order chi connectivity index (χ0) is 42.9. The number of rotatable bonds is 21. The van der Waals surface area contributed by atoms with Gasteiger partial charge in [-0.1, -0.05) is 146 Å². The lowest BCUT2D eigenvalue weighted by molar-refractivity contribution is -0.339. The first kappa shape index (κ1) is 44.9. The zero-order valence-electron chi connectivity index (χ0n) is 34.4. The van der Waals surface area contributed by atoms with Crippen LogP contribution < -0.4 is 0 Å². The van der Waals surface area contributed by atoms with Gasteiger partial charge >= 0.3 is 5.97 Å². The zero-order valence-corrected chi connectivity index (χ0v) is 34.4. The summed E-state index contributed by atoms with van der Waals surface area (Å²) in [6.07, 6.45) is -9.52. The lowest BCUT2D eigenvalue weighted by Crippen LogP contribution is -2.63. The van der Waals surface area contributed by atoms with E-state index in [1.165, 1.54) is 0 Å². The highest BCUT2D eigenvalue weighted by atomic mass is 16.7. The number of aliphatic hydroxyl groups excluding tert-OH is 2. The molecule has 5 aromatic carbocycles. The highest BCUT2D eigenvalue weighted by Gasteiger charge is 2.52. The maximum Gasteiger partial charge on any atom is 0.338 e. The number of esters is 1. The van der Waals surface area contributed by atoms with Gasteiger partial charge in [0.2, 0.25) is 0 Å². The van der Waals surface area contributed by atoms with Crippen molar-refractivity contribution in [1.29, 1.82) is 0 Å². The molecule has 0 amide bonds. The van der Waals surface area contributed by atoms with Gasteiger partial charge in [0.05, 0.1) is 51.8 Å². The van der Waals surface area contributed by atoms with E-state index in [4.69, 9.17) is 42.6 Å². The molecule has 0 spiro atoms. The van der Waals surface area contributed by atoms with Crippen LogP contribution in [0.5, 0.6) is 0 Å². The molecule has 0 aromatic heterocycles. The van der Waals surface area contributed by atoms with Gasteiger partial charge in [0.25, 0.3) is 0 Å². The third-order valence-corrected chi connectivity index (χ3v) is 10.6. The largest absolute Gasteiger partial charge is 0.450 e. The normalized spacial score (nSPS) is 26.1. The molecule has 0 radical (unpaired) electrons. The van der Waals surface area contributed by atoms with Gasteiger partial charge in [-0.15, -0.1) is 6.58 Å². The Hall–Kier alpha value is -5.09. The number of hydrogen-bond acceptors (Lipinski definition) is 12. The molecule has 62 heavy (non-hydrogen) atoms. The van der Waals surface area contributed by atoms with E-state index in [1.807, 2.05) is 127 Å². The standard InChI is InChI=1S/C50H54O12/c1-2-28-55-43-41(60-49(53)42(51)45(43)57-31-37-22-12-5-13-23-37)34-59-50-47(62-48(52)39-26-16-7-17-27-39)46(58-32-38-24-14-6-15-25-38)44(56-30-36-20-10-4-11-21-36)40(61-50)33-54-29-35-18-8-3-9-19-35/h2-27,40-47,49-51,53H,1,28-34H2/t40-,41-,42+,43-,44+,45-,46+,47-,49+,50-/m1/s1. The van der Waals surface area contributed by atoms with Crippen molar-refractivity contribution in [1.82, 2.24) is 0 Å². The average Bonchev–Trinajstić information content (AvgIpc) is 3.32. The molecule has 0 saturated carbocycles. The number of hydrogen-bond donors (Lipinski definition) is 2. The second kappa shape index (κ2) is 23.4. The molecule has 2 saturated heterocycles. The Morgan fingerprint density at radius 2 is 0.968 bits per heavy atom. The number of carbonyl (C=O) groups excluding carboxylic acids is 1. The Morgan fingerprint density at radius 1 is 0.516 bits per heavy atom. The Kier molecular flexibility index (Phi) is 17.0. The number of aliphatic hydroxyl groups is 2. The minimum atomic E-state index is -1.64. The van der Waals surface area contributed by atoms with Crippen LogP contribution in [0.4, 0.5) is 0 Å². The molecule has 12 heteroatoms. The third-order valence-electron chi connectivity index (χ3n) is 10.6. The lowest BCUT2D eigenvalue weighted by atomic mass is 9.97. The third kappa shape index (κ3) is 12.5. The van der Waals surface area contributed by atoms with Crippen LogP contribution >= 0.6 is 0 Å². The smallest absolute Gasteiger partial charge is 0.338 e. The Bertz CT molecular complexity index is 2040. The van der Waals surface area contributed by atoms with E-state index in [0.29, 0.717) is 12.2 Å². The summed E-state index contributed by atoms with van der Waals surface area (Å²) < 4.78 is 57.8. The molecule has 2 heterocycles. The van der Waals surface area contributed by atoms with Crippen molar-refractivity contribution in [3.05, 3.63) is 192 Å². The summed E-state index contributed by atoms with van der Waals surface area (Å²) >= 11 is 0. The van der Waals surface area contributed by atoms with E-state index in [9.17, 15) is 15.0 Å². The molecular formula is C50H54O12. The van der Waals surface area contributed by atoms with E-state index in [0.717, 1.165) is 22.3 Å². The van der Waals surface area contributed by atoms with Crippen LogP contribution in [0, 0.1) is 0 Å². The topological polar surface area (TPSA) is 141 Å². The van der Waals surface area contributed by atoms with Crippen molar-refractivity contribution in [2.75, 3.05) is 19.8 Å². The van der Waals surface area contributed by atoms with Crippen LogP contribution in [0.2, 0.25) is 0 Å². The molecule has 326 valence electrons. The first-order valence-corrected chi connectivity index (χ1v) is 20.8. The molecule has 12 nitrogen and oxygen atoms in total. The SMILES string of the molecule is C=CCO[C@H]1[C@H](OCc2ccccc2)[C@H](O)[C@@H](O)O[C@@H]1CO[C@@H]1O[C@H](COCc2ccccc2)[C@H](OCc2ccccc2)[C@H](OCc2ccccc2)[C@H]1OC(=O)c1ccccc1. The molecule has 10 atom stereocenters. The van der Waals surface area contributed by atoms with Crippen LogP contribution in [0.25, 0.3) is 0 Å². The molecule has 2 fully saturated rings. The molecule has 2 aliphatic heterocycles. The summed E-state index contributed by atoms with van der Waals surface area (Å²) in [6.45, 7) is 4.46. The average molecular weight is 847 g/mol. The van der Waals surface area contributed by atoms with E-state index in [-0.39, 0.29) is 39.6 Å². The maximum atomic E-state index is 14.0. The molecule has 7 rings (SSSR count). The van der Waals surface area contributed by atoms with Crippen molar-refractivity contribution in [3.63, 3.8) is 0 Å². The van der Waals surface area contributed by atoms with Crippen molar-refractivity contribution in [2.24, 2.45) is 0 Å². The second-order valence-electron chi connectivity index (χ2n) is 15.0. The molecule has 2 N–H and O–H groups in total. The van der Waals surface area contributed by atoms with Crippen LogP contribution in [0.3, 0.4) is 0 Å². The van der Waals surface area contributed by atoms with Crippen LogP contribution in [-0.2, 0) is 69.1 Å². The van der Waals surface area contributed by atoms with Crippen LogP contribution in [0.15, 0.2) is 164 Å². The summed E-state index contributed by atoms with van der Waals surface area (Å²) in [5.74, 6) is -0.629. The van der Waals surface area contributed by atoms with Gasteiger partial charge in [0, 0.05) is 0 Å². The fourth-order valence-corrected chi connectivity index (χ4v) is 7.40. The van der Waals surface area contributed by atoms with Crippen molar-refractivity contribution in [2.45, 2.75) is 87.8 Å². The monoisotopic (exact) mass is 846 g/mol. The Balaban J connectivity index is 1.20. The molecule has 5 aromatic rings. The summed E-state index contributed by atoms with van der Waals surface area (Å²) in [4.78, 5) is 14.0. The van der Waals surface area contributed by atoms with Crippen molar-refractivity contribution >= 4 is 5.97 Å². The van der Waals surface area contributed by atoms with E-state index < -0.39 is 67.4 Å². The van der Waals surface area contributed by atoms with Gasteiger partial charge in [-0.3, -0.25) is 0 Å². The van der Waals surface area contributed by atoms with Gasteiger partial charge in [-0.25, -0.2) is 4.79 Å². The van der Waals surface area contributed by atoms with Gasteiger partial charge in [0.1, 0.15) is 42.7 Å². The maximum absolute atomic E-state index is 14.0. The predicted octanol–water partition coefficient (Wildman–Crippen LogP) is 6.58. The number of ether oxygens (including phenoxy) is 9. The van der Waals surface area contributed by atoms with Crippen molar-refractivity contribution in [3.8, 4) is 0 Å². The van der Waals surface area contributed by atoms with Crippen LogP contribution in [0.1, 0.15) is 32.6 Å². The predicted molar refractivity (Wildman–Crippen MR) is 228 cm³/mol. The fourth-order valence-electron chi connectivity index (χ4n) is 7.40. The quantitative estimate of drug-likeness (QED) is 0.0610. The van der Waals surface area contributed by atoms with E-state index >= 15 is 0 Å². The van der Waals surface area contributed by atoms with E-state index in [2.05, 4.69) is 6.58 Å². The molecule has 0 aliphatic carbocycles. The van der Waals surface area contributed by atoms with E-state index in [1.54, 1.807) is 30.3 Å². The first-order valence-electron chi connectivity index (χ1n) is 20.8. The highest BCUT2D eigenvalue weighted by molar-refractivity contribution is 5.89.